The van der Waals surface area contributed by atoms with Gasteiger partial charge in [0.1, 0.15) is 0 Å². The van der Waals surface area contributed by atoms with Crippen LogP contribution in [-0.2, 0) is 30.4 Å². The summed E-state index contributed by atoms with van der Waals surface area (Å²) < 4.78 is 9.54. The Bertz CT molecular complexity index is 541. The van der Waals surface area contributed by atoms with E-state index in [1.807, 2.05) is 30.3 Å². The second-order valence-corrected chi connectivity index (χ2v) is 5.11. The van der Waals surface area contributed by atoms with Gasteiger partial charge in [-0.05, 0) is 19.4 Å². The zero-order valence-electron chi connectivity index (χ0n) is 14.1. The number of carbonyl (C=O) groups excluding carboxylic acids is 3. The molecule has 1 N–H and O–H groups in total. The van der Waals surface area contributed by atoms with Crippen LogP contribution in [0.15, 0.2) is 30.3 Å². The van der Waals surface area contributed by atoms with Crippen molar-refractivity contribution in [2.24, 2.45) is 5.92 Å². The van der Waals surface area contributed by atoms with Crippen LogP contribution in [0.1, 0.15) is 19.4 Å². The SMILES string of the molecule is CCOC(=O)C(C(=O)OCC)C(O)C(=O)N(C)Cc1ccccc1. The molecule has 0 saturated heterocycles. The van der Waals surface area contributed by atoms with E-state index in [9.17, 15) is 19.5 Å². The van der Waals surface area contributed by atoms with Crippen molar-refractivity contribution < 1.29 is 29.0 Å². The molecule has 0 heterocycles. The van der Waals surface area contributed by atoms with E-state index in [1.54, 1.807) is 13.8 Å². The molecule has 0 spiro atoms. The summed E-state index contributed by atoms with van der Waals surface area (Å²) in [6.45, 7) is 3.41. The Hall–Kier alpha value is -2.41. The molecular weight excluding hydrogens is 314 g/mol. The molecule has 1 rings (SSSR count). The second-order valence-electron chi connectivity index (χ2n) is 5.11. The van der Waals surface area contributed by atoms with E-state index in [4.69, 9.17) is 9.47 Å². The lowest BCUT2D eigenvalue weighted by Crippen LogP contribution is -2.47. The maximum atomic E-state index is 12.4. The maximum Gasteiger partial charge on any atom is 0.323 e. The van der Waals surface area contributed by atoms with Crippen LogP contribution in [0, 0.1) is 5.92 Å². The zero-order valence-corrected chi connectivity index (χ0v) is 14.1. The number of nitrogens with zero attached hydrogens (tertiary/aromatic N) is 1. The van der Waals surface area contributed by atoms with Crippen LogP contribution in [-0.4, -0.2) is 54.2 Å². The first-order chi connectivity index (χ1) is 11.4. The van der Waals surface area contributed by atoms with E-state index >= 15 is 0 Å². The molecule has 0 aliphatic rings. The third-order valence-electron chi connectivity index (χ3n) is 3.29. The van der Waals surface area contributed by atoms with Gasteiger partial charge in [0, 0.05) is 13.6 Å². The molecule has 0 aromatic heterocycles. The largest absolute Gasteiger partial charge is 0.465 e. The summed E-state index contributed by atoms with van der Waals surface area (Å²) in [5.41, 5.74) is 0.851. The Kier molecular flexibility index (Phi) is 7.91. The molecule has 24 heavy (non-hydrogen) atoms. The Labute approximate surface area is 141 Å². The Morgan fingerprint density at radius 1 is 1.04 bits per heavy atom. The zero-order chi connectivity index (χ0) is 18.1. The normalized spacial score (nSPS) is 11.7. The standard InChI is InChI=1S/C17H23NO6/c1-4-23-16(21)13(17(22)24-5-2)14(19)15(20)18(3)11-12-9-7-6-8-10-12/h6-10,13-14,19H,4-5,11H2,1-3H3. The fourth-order valence-electron chi connectivity index (χ4n) is 2.12. The minimum absolute atomic E-state index is 0.0233. The molecule has 0 fully saturated rings. The van der Waals surface area contributed by atoms with Crippen molar-refractivity contribution in [1.29, 1.82) is 0 Å². The van der Waals surface area contributed by atoms with Crippen LogP contribution in [0.4, 0.5) is 0 Å². The highest BCUT2D eigenvalue weighted by molar-refractivity contribution is 6.01. The molecular formula is C17H23NO6. The van der Waals surface area contributed by atoms with E-state index < -0.39 is 29.9 Å². The van der Waals surface area contributed by atoms with Crippen LogP contribution in [0.3, 0.4) is 0 Å². The number of hydrogen-bond donors (Lipinski definition) is 1. The van der Waals surface area contributed by atoms with Gasteiger partial charge in [0.2, 0.25) is 0 Å². The van der Waals surface area contributed by atoms with Crippen molar-refractivity contribution in [3.63, 3.8) is 0 Å². The highest BCUT2D eigenvalue weighted by atomic mass is 16.6. The quantitative estimate of drug-likeness (QED) is 0.556. The number of rotatable bonds is 8. The van der Waals surface area contributed by atoms with E-state index in [2.05, 4.69) is 0 Å². The number of aliphatic hydroxyl groups excluding tert-OH is 1. The summed E-state index contributed by atoms with van der Waals surface area (Å²) in [4.78, 5) is 37.5. The maximum absolute atomic E-state index is 12.4. The molecule has 1 unspecified atom stereocenters. The van der Waals surface area contributed by atoms with Crippen molar-refractivity contribution in [2.75, 3.05) is 20.3 Å². The first-order valence-electron chi connectivity index (χ1n) is 7.72. The molecule has 0 bridgehead atoms. The van der Waals surface area contributed by atoms with Gasteiger partial charge in [-0.2, -0.15) is 0 Å². The fraction of sp³-hybridized carbons (Fsp3) is 0.471. The van der Waals surface area contributed by atoms with Gasteiger partial charge in [0.15, 0.2) is 12.0 Å². The third kappa shape index (κ3) is 5.34. The lowest BCUT2D eigenvalue weighted by atomic mass is 10.0. The molecule has 0 saturated carbocycles. The Morgan fingerprint density at radius 2 is 1.54 bits per heavy atom. The topological polar surface area (TPSA) is 93.1 Å². The summed E-state index contributed by atoms with van der Waals surface area (Å²) in [6, 6.07) is 9.14. The summed E-state index contributed by atoms with van der Waals surface area (Å²) in [7, 11) is 1.48. The van der Waals surface area contributed by atoms with Gasteiger partial charge in [-0.1, -0.05) is 30.3 Å². The third-order valence-corrected chi connectivity index (χ3v) is 3.29. The molecule has 0 radical (unpaired) electrons. The Balaban J connectivity index is 2.87. The van der Waals surface area contributed by atoms with Crippen LogP contribution in [0.25, 0.3) is 0 Å². The van der Waals surface area contributed by atoms with Crippen molar-refractivity contribution >= 4 is 17.8 Å². The van der Waals surface area contributed by atoms with Gasteiger partial charge < -0.3 is 19.5 Å². The predicted octanol–water partition coefficient (Wildman–Crippen LogP) is 0.748. The first kappa shape index (κ1) is 19.6. The number of aliphatic hydroxyl groups is 1. The number of amides is 1. The van der Waals surface area contributed by atoms with Crippen LogP contribution < -0.4 is 0 Å². The van der Waals surface area contributed by atoms with Crippen LogP contribution in [0.5, 0.6) is 0 Å². The van der Waals surface area contributed by atoms with E-state index in [0.717, 1.165) is 5.56 Å². The highest BCUT2D eigenvalue weighted by Gasteiger charge is 2.41. The highest BCUT2D eigenvalue weighted by Crippen LogP contribution is 2.14. The van der Waals surface area contributed by atoms with E-state index in [0.29, 0.717) is 0 Å². The Morgan fingerprint density at radius 3 is 2.00 bits per heavy atom. The first-order valence-corrected chi connectivity index (χ1v) is 7.72. The average Bonchev–Trinajstić information content (AvgIpc) is 2.55. The molecule has 0 aliphatic carbocycles. The molecule has 7 heteroatoms. The van der Waals surface area contributed by atoms with Gasteiger partial charge in [0.25, 0.3) is 5.91 Å². The van der Waals surface area contributed by atoms with Crippen LogP contribution in [0.2, 0.25) is 0 Å². The van der Waals surface area contributed by atoms with Crippen molar-refractivity contribution in [1.82, 2.24) is 4.90 Å². The van der Waals surface area contributed by atoms with Crippen LogP contribution >= 0.6 is 0 Å². The van der Waals surface area contributed by atoms with Gasteiger partial charge in [-0.15, -0.1) is 0 Å². The second kappa shape index (κ2) is 9.67. The number of hydrogen-bond acceptors (Lipinski definition) is 6. The predicted molar refractivity (Wildman–Crippen MR) is 85.7 cm³/mol. The summed E-state index contributed by atoms with van der Waals surface area (Å²) in [6.07, 6.45) is -1.86. The number of carbonyl (C=O) groups is 3. The molecule has 1 aromatic carbocycles. The van der Waals surface area contributed by atoms with Gasteiger partial charge in [-0.3, -0.25) is 14.4 Å². The van der Waals surface area contributed by atoms with Gasteiger partial charge in [0.05, 0.1) is 13.2 Å². The van der Waals surface area contributed by atoms with E-state index in [-0.39, 0.29) is 19.8 Å². The summed E-state index contributed by atoms with van der Waals surface area (Å²) in [5, 5.41) is 10.2. The molecule has 1 atom stereocenters. The van der Waals surface area contributed by atoms with Crippen molar-refractivity contribution in [2.45, 2.75) is 26.5 Å². The molecule has 0 aliphatic heterocycles. The number of ether oxygens (including phenoxy) is 2. The summed E-state index contributed by atoms with van der Waals surface area (Å²) in [5.74, 6) is -4.42. The number of esters is 2. The minimum atomic E-state index is -1.86. The van der Waals surface area contributed by atoms with E-state index in [1.165, 1.54) is 11.9 Å². The number of benzene rings is 1. The smallest absolute Gasteiger partial charge is 0.323 e. The molecule has 132 valence electrons. The molecule has 7 nitrogen and oxygen atoms in total. The molecule has 1 amide bonds. The van der Waals surface area contributed by atoms with Gasteiger partial charge >= 0.3 is 11.9 Å². The lowest BCUT2D eigenvalue weighted by Gasteiger charge is -2.24. The average molecular weight is 337 g/mol. The van der Waals surface area contributed by atoms with Gasteiger partial charge in [-0.25, -0.2) is 0 Å². The van der Waals surface area contributed by atoms with Crippen molar-refractivity contribution in [3.8, 4) is 0 Å². The molecule has 1 aromatic rings. The minimum Gasteiger partial charge on any atom is -0.465 e. The lowest BCUT2D eigenvalue weighted by molar-refractivity contribution is -0.172. The monoisotopic (exact) mass is 337 g/mol. The summed E-state index contributed by atoms with van der Waals surface area (Å²) >= 11 is 0. The van der Waals surface area contributed by atoms with Crippen molar-refractivity contribution in [3.05, 3.63) is 35.9 Å². The number of likely N-dealkylation sites (N-methyl/N-ethyl adjacent to an activating group) is 1. The fourth-order valence-corrected chi connectivity index (χ4v) is 2.12.